The quantitative estimate of drug-likeness (QED) is 0.681. The van der Waals surface area contributed by atoms with E-state index in [0.29, 0.717) is 0 Å². The van der Waals surface area contributed by atoms with Gasteiger partial charge in [0.05, 0.1) is 5.69 Å². The van der Waals surface area contributed by atoms with Crippen LogP contribution in [0, 0.1) is 5.92 Å². The van der Waals surface area contributed by atoms with Crippen LogP contribution in [0.1, 0.15) is 25.3 Å². The molecule has 1 amide bonds. The Bertz CT molecular complexity index is 744. The number of carbonyl (C=O) groups excluding carboxylic acids is 1. The zero-order valence-electron chi connectivity index (χ0n) is 15.1. The lowest BCUT2D eigenvalue weighted by molar-refractivity contribution is -0.121. The normalized spacial score (nSPS) is 15.8. The number of anilines is 1. The molecule has 2 aromatic carbocycles. The fourth-order valence-electron chi connectivity index (χ4n) is 3.31. The van der Waals surface area contributed by atoms with E-state index in [4.69, 9.17) is 11.6 Å². The molecule has 1 heterocycles. The van der Waals surface area contributed by atoms with Crippen molar-refractivity contribution in [2.45, 2.75) is 31.2 Å². The van der Waals surface area contributed by atoms with E-state index in [1.54, 1.807) is 11.8 Å². The molecule has 0 aromatic heterocycles. The molecule has 1 N–H and O–H groups in total. The number of piperidine rings is 1. The van der Waals surface area contributed by atoms with E-state index in [1.165, 1.54) is 0 Å². The fraction of sp³-hybridized carbons (Fsp3) is 0.381. The fourth-order valence-corrected chi connectivity index (χ4v) is 4.26. The van der Waals surface area contributed by atoms with Crippen molar-refractivity contribution in [1.29, 1.82) is 0 Å². The Balaban J connectivity index is 1.53. The highest BCUT2D eigenvalue weighted by molar-refractivity contribution is 7.99. The molecule has 0 atom stereocenters. The summed E-state index contributed by atoms with van der Waals surface area (Å²) in [7, 11) is 0. The lowest BCUT2D eigenvalue weighted by Crippen LogP contribution is -2.37. The van der Waals surface area contributed by atoms with E-state index in [1.807, 2.05) is 36.4 Å². The van der Waals surface area contributed by atoms with Crippen molar-refractivity contribution >= 4 is 35.0 Å². The summed E-state index contributed by atoms with van der Waals surface area (Å²) < 4.78 is 0. The number of thioether (sulfide) groups is 1. The Hall–Kier alpha value is -1.49. The topological polar surface area (TPSA) is 32.3 Å². The first kappa shape index (κ1) is 19.3. The Morgan fingerprint density at radius 2 is 1.85 bits per heavy atom. The molecule has 0 radical (unpaired) electrons. The van der Waals surface area contributed by atoms with Gasteiger partial charge in [-0.05, 0) is 55.4 Å². The van der Waals surface area contributed by atoms with Gasteiger partial charge in [-0.1, -0.05) is 48.9 Å². The van der Waals surface area contributed by atoms with Crippen LogP contribution in [0.15, 0.2) is 53.4 Å². The maximum Gasteiger partial charge on any atom is 0.227 e. The number of rotatable bonds is 6. The summed E-state index contributed by atoms with van der Waals surface area (Å²) in [4.78, 5) is 16.2. The number of halogens is 1. The zero-order valence-corrected chi connectivity index (χ0v) is 16.7. The van der Waals surface area contributed by atoms with Crippen molar-refractivity contribution in [3.63, 3.8) is 0 Å². The average molecular weight is 389 g/mol. The second kappa shape index (κ2) is 9.45. The largest absolute Gasteiger partial charge is 0.325 e. The summed E-state index contributed by atoms with van der Waals surface area (Å²) in [5.74, 6) is 1.22. The number of hydrogen-bond donors (Lipinski definition) is 1. The molecular weight excluding hydrogens is 364 g/mol. The molecule has 2 aromatic rings. The molecule has 0 unspecified atom stereocenters. The zero-order chi connectivity index (χ0) is 18.4. The minimum atomic E-state index is 0.0807. The first-order chi connectivity index (χ1) is 12.7. The molecule has 1 aliphatic rings. The van der Waals surface area contributed by atoms with E-state index in [9.17, 15) is 4.79 Å². The van der Waals surface area contributed by atoms with Crippen LogP contribution in [0.25, 0.3) is 0 Å². The summed E-state index contributed by atoms with van der Waals surface area (Å²) in [5, 5.41) is 3.96. The number of para-hydroxylation sites is 1. The number of amides is 1. The van der Waals surface area contributed by atoms with Gasteiger partial charge in [-0.2, -0.15) is 0 Å². The standard InChI is InChI=1S/C21H25ClN2OS/c1-2-26-20-10-6-5-9-19(20)23-21(25)16-11-13-24(14-12-16)15-17-7-3-4-8-18(17)22/h3-10,16H,2,11-15H2,1H3,(H,23,25). The first-order valence-electron chi connectivity index (χ1n) is 9.16. The van der Waals surface area contributed by atoms with Gasteiger partial charge in [0, 0.05) is 22.4 Å². The molecule has 0 spiro atoms. The van der Waals surface area contributed by atoms with Crippen molar-refractivity contribution in [3.8, 4) is 0 Å². The van der Waals surface area contributed by atoms with Crippen LogP contribution >= 0.6 is 23.4 Å². The minimum Gasteiger partial charge on any atom is -0.325 e. The van der Waals surface area contributed by atoms with Gasteiger partial charge >= 0.3 is 0 Å². The minimum absolute atomic E-state index is 0.0807. The molecule has 1 aliphatic heterocycles. The van der Waals surface area contributed by atoms with Gasteiger partial charge in [-0.15, -0.1) is 11.8 Å². The molecule has 3 rings (SSSR count). The molecule has 1 saturated heterocycles. The predicted octanol–water partition coefficient (Wildman–Crippen LogP) is 5.30. The van der Waals surface area contributed by atoms with Gasteiger partial charge in [-0.3, -0.25) is 9.69 Å². The third-order valence-corrected chi connectivity index (χ3v) is 6.08. The molecule has 26 heavy (non-hydrogen) atoms. The molecule has 0 saturated carbocycles. The van der Waals surface area contributed by atoms with Crippen LogP contribution < -0.4 is 5.32 Å². The smallest absolute Gasteiger partial charge is 0.227 e. The van der Waals surface area contributed by atoms with Gasteiger partial charge in [0.2, 0.25) is 5.91 Å². The molecular formula is C21H25ClN2OS. The third-order valence-electron chi connectivity index (χ3n) is 4.75. The van der Waals surface area contributed by atoms with Gasteiger partial charge in [-0.25, -0.2) is 0 Å². The van der Waals surface area contributed by atoms with E-state index in [2.05, 4.69) is 29.3 Å². The van der Waals surface area contributed by atoms with Crippen molar-refractivity contribution in [2.24, 2.45) is 5.92 Å². The van der Waals surface area contributed by atoms with Gasteiger partial charge in [0.25, 0.3) is 0 Å². The molecule has 0 aliphatic carbocycles. The van der Waals surface area contributed by atoms with Gasteiger partial charge < -0.3 is 5.32 Å². The maximum atomic E-state index is 12.7. The van der Waals surface area contributed by atoms with Crippen LogP contribution in [0.4, 0.5) is 5.69 Å². The monoisotopic (exact) mass is 388 g/mol. The summed E-state index contributed by atoms with van der Waals surface area (Å²) in [6, 6.07) is 16.0. The van der Waals surface area contributed by atoms with E-state index >= 15 is 0 Å². The summed E-state index contributed by atoms with van der Waals surface area (Å²) in [6.45, 7) is 4.82. The lowest BCUT2D eigenvalue weighted by atomic mass is 9.95. The Kier molecular flexibility index (Phi) is 7.00. The van der Waals surface area contributed by atoms with Crippen LogP contribution in [-0.2, 0) is 11.3 Å². The highest BCUT2D eigenvalue weighted by Gasteiger charge is 2.25. The Morgan fingerprint density at radius 1 is 1.15 bits per heavy atom. The highest BCUT2D eigenvalue weighted by Crippen LogP contribution is 2.28. The first-order valence-corrected chi connectivity index (χ1v) is 10.5. The number of carbonyl (C=O) groups is 1. The molecule has 0 bridgehead atoms. The Morgan fingerprint density at radius 3 is 2.58 bits per heavy atom. The van der Waals surface area contributed by atoms with Crippen LogP contribution in [-0.4, -0.2) is 29.6 Å². The molecule has 1 fully saturated rings. The molecule has 138 valence electrons. The lowest BCUT2D eigenvalue weighted by Gasteiger charge is -2.31. The van der Waals surface area contributed by atoms with E-state index in [0.717, 1.165) is 59.4 Å². The number of likely N-dealkylation sites (tertiary alicyclic amines) is 1. The van der Waals surface area contributed by atoms with Crippen LogP contribution in [0.3, 0.4) is 0 Å². The second-order valence-corrected chi connectivity index (χ2v) is 8.27. The van der Waals surface area contributed by atoms with E-state index in [-0.39, 0.29) is 11.8 Å². The summed E-state index contributed by atoms with van der Waals surface area (Å²) >= 11 is 8.02. The van der Waals surface area contributed by atoms with Crippen molar-refractivity contribution in [1.82, 2.24) is 4.90 Å². The number of hydrogen-bond acceptors (Lipinski definition) is 3. The number of nitrogens with zero attached hydrogens (tertiary/aromatic N) is 1. The molecule has 3 nitrogen and oxygen atoms in total. The van der Waals surface area contributed by atoms with Gasteiger partial charge in [0.15, 0.2) is 0 Å². The summed E-state index contributed by atoms with van der Waals surface area (Å²) in [6.07, 6.45) is 1.78. The third kappa shape index (κ3) is 5.03. The number of nitrogens with one attached hydrogen (secondary N) is 1. The van der Waals surface area contributed by atoms with Crippen LogP contribution in [0.5, 0.6) is 0 Å². The second-order valence-electron chi connectivity index (χ2n) is 6.56. The van der Waals surface area contributed by atoms with Crippen molar-refractivity contribution in [2.75, 3.05) is 24.2 Å². The molecule has 5 heteroatoms. The van der Waals surface area contributed by atoms with Gasteiger partial charge in [0.1, 0.15) is 0 Å². The highest BCUT2D eigenvalue weighted by atomic mass is 35.5. The maximum absolute atomic E-state index is 12.7. The predicted molar refractivity (Wildman–Crippen MR) is 111 cm³/mol. The Labute approximate surface area is 165 Å². The summed E-state index contributed by atoms with van der Waals surface area (Å²) in [5.41, 5.74) is 2.09. The van der Waals surface area contributed by atoms with Crippen molar-refractivity contribution < 1.29 is 4.79 Å². The van der Waals surface area contributed by atoms with E-state index < -0.39 is 0 Å². The van der Waals surface area contributed by atoms with Crippen molar-refractivity contribution in [3.05, 3.63) is 59.1 Å². The number of benzene rings is 2. The van der Waals surface area contributed by atoms with Crippen LogP contribution in [0.2, 0.25) is 5.02 Å². The average Bonchev–Trinajstić information content (AvgIpc) is 2.66. The SMILES string of the molecule is CCSc1ccccc1NC(=O)C1CCN(Cc2ccccc2Cl)CC1.